The smallest absolute Gasteiger partial charge is 0.236 e. The van der Waals surface area contributed by atoms with Gasteiger partial charge in [-0.15, -0.1) is 0 Å². The van der Waals surface area contributed by atoms with E-state index in [-0.39, 0.29) is 71.1 Å². The molecule has 0 saturated heterocycles. The van der Waals surface area contributed by atoms with Gasteiger partial charge in [0.15, 0.2) is 0 Å². The molecular weight excluding hydrogens is 384 g/mol. The van der Waals surface area contributed by atoms with E-state index in [9.17, 15) is 14.4 Å². The first-order valence-electron chi connectivity index (χ1n) is 10.1. The first-order valence-corrected chi connectivity index (χ1v) is 10.1. The van der Waals surface area contributed by atoms with Crippen LogP contribution >= 0.6 is 0 Å². The van der Waals surface area contributed by atoms with Gasteiger partial charge in [0.25, 0.3) is 0 Å². The molecule has 0 aromatic carbocycles. The molecule has 0 aliphatic heterocycles. The second-order valence-electron chi connectivity index (χ2n) is 11.2. The van der Waals surface area contributed by atoms with Crippen LogP contribution in [0, 0.1) is 16.2 Å². The first kappa shape index (κ1) is 25.5. The van der Waals surface area contributed by atoms with E-state index in [1.807, 2.05) is 62.3 Å². The summed E-state index contributed by atoms with van der Waals surface area (Å²) >= 11 is 0. The van der Waals surface area contributed by atoms with E-state index in [2.05, 4.69) is 30.9 Å². The van der Waals surface area contributed by atoms with Gasteiger partial charge in [0.05, 0.1) is 0 Å². The minimum Gasteiger partial charge on any atom is -0.294 e. The lowest BCUT2D eigenvalue weighted by Crippen LogP contribution is -2.25. The van der Waals surface area contributed by atoms with Crippen molar-refractivity contribution in [1.29, 1.82) is 0 Å². The fourth-order valence-electron chi connectivity index (χ4n) is 2.50. The van der Waals surface area contributed by atoms with Crippen LogP contribution in [0.2, 0.25) is 0 Å². The Kier molecular flexibility index (Phi) is 8.05. The average molecular weight is 421 g/mol. The van der Waals surface area contributed by atoms with E-state index in [0.29, 0.717) is 0 Å². The maximum Gasteiger partial charge on any atom is 0.236 e. The van der Waals surface area contributed by atoms with Gasteiger partial charge in [0.1, 0.15) is 0 Å². The van der Waals surface area contributed by atoms with Crippen LogP contribution in [0.25, 0.3) is 0 Å². The number of rotatable bonds is 6. The van der Waals surface area contributed by atoms with Crippen molar-refractivity contribution in [2.75, 3.05) is 16.0 Å². The molecule has 0 fully saturated rings. The zero-order chi connectivity index (χ0) is 23.3. The third kappa shape index (κ3) is 11.4. The molecule has 9 heteroatoms. The summed E-state index contributed by atoms with van der Waals surface area (Å²) in [5.74, 6) is -0.906. The Morgan fingerprint density at radius 3 is 0.900 bits per heavy atom. The van der Waals surface area contributed by atoms with Crippen molar-refractivity contribution >= 4 is 35.6 Å². The molecule has 1 aromatic heterocycles. The van der Waals surface area contributed by atoms with Crippen LogP contribution in [0.5, 0.6) is 0 Å². The number of aromatic nitrogens is 3. The lowest BCUT2D eigenvalue weighted by Gasteiger charge is -2.18. The zero-order valence-electron chi connectivity index (χ0n) is 19.7. The van der Waals surface area contributed by atoms with Gasteiger partial charge >= 0.3 is 0 Å². The average Bonchev–Trinajstić information content (AvgIpc) is 2.39. The minimum atomic E-state index is -0.271. The van der Waals surface area contributed by atoms with Gasteiger partial charge in [0, 0.05) is 19.3 Å². The molecule has 1 aromatic rings. The fourth-order valence-corrected chi connectivity index (χ4v) is 2.50. The molecule has 3 amide bonds. The topological polar surface area (TPSA) is 126 Å². The Labute approximate surface area is 179 Å². The standard InChI is InChI=1S/C21H36N6O3/c1-19(2,3)10-13(28)22-16-25-17(23-14(29)11-20(4,5)6)27-18(26-16)24-15(30)12-21(7,8)9/h10-12H2,1-9H3,(H3,22,23,24,25,26,27,28,29,30). The normalized spacial score (nSPS) is 12.3. The van der Waals surface area contributed by atoms with Crippen molar-refractivity contribution in [1.82, 2.24) is 15.0 Å². The number of hydrogen-bond acceptors (Lipinski definition) is 6. The van der Waals surface area contributed by atoms with Crippen LogP contribution in [0.4, 0.5) is 17.8 Å². The van der Waals surface area contributed by atoms with Crippen LogP contribution in [0.15, 0.2) is 0 Å². The van der Waals surface area contributed by atoms with Crippen LogP contribution in [-0.4, -0.2) is 32.7 Å². The Balaban J connectivity index is 3.09. The van der Waals surface area contributed by atoms with E-state index in [0.717, 1.165) is 0 Å². The molecule has 0 spiro atoms. The number of carbonyl (C=O) groups excluding carboxylic acids is 3. The highest BCUT2D eigenvalue weighted by Crippen LogP contribution is 2.22. The summed E-state index contributed by atoms with van der Waals surface area (Å²) < 4.78 is 0. The lowest BCUT2D eigenvalue weighted by molar-refractivity contribution is -0.118. The molecule has 0 aliphatic carbocycles. The quantitative estimate of drug-likeness (QED) is 0.639. The van der Waals surface area contributed by atoms with E-state index in [1.165, 1.54) is 0 Å². The van der Waals surface area contributed by atoms with Crippen molar-refractivity contribution in [2.45, 2.75) is 81.6 Å². The Morgan fingerprint density at radius 1 is 0.533 bits per heavy atom. The first-order chi connectivity index (χ1) is 13.4. The second kappa shape index (κ2) is 9.49. The minimum absolute atomic E-state index is 0.0311. The molecule has 0 bridgehead atoms. The SMILES string of the molecule is CC(C)(C)CC(=O)Nc1nc(NC(=O)CC(C)(C)C)nc(NC(=O)CC(C)(C)C)n1. The number of nitrogens with zero attached hydrogens (tertiary/aromatic N) is 3. The number of nitrogens with one attached hydrogen (secondary N) is 3. The molecule has 1 heterocycles. The third-order valence-electron chi connectivity index (χ3n) is 3.46. The van der Waals surface area contributed by atoms with Crippen LogP contribution < -0.4 is 16.0 Å². The largest absolute Gasteiger partial charge is 0.294 e. The summed E-state index contributed by atoms with van der Waals surface area (Å²) in [7, 11) is 0. The van der Waals surface area contributed by atoms with Crippen molar-refractivity contribution < 1.29 is 14.4 Å². The van der Waals surface area contributed by atoms with E-state index >= 15 is 0 Å². The Bertz CT molecular complexity index is 668. The summed E-state index contributed by atoms with van der Waals surface area (Å²) in [5, 5.41) is 7.86. The Morgan fingerprint density at radius 2 is 0.733 bits per heavy atom. The van der Waals surface area contributed by atoms with Gasteiger partial charge < -0.3 is 0 Å². The molecule has 0 saturated carbocycles. The summed E-state index contributed by atoms with van der Waals surface area (Å²) in [6, 6.07) is 0. The highest BCUT2D eigenvalue weighted by atomic mass is 16.2. The molecule has 168 valence electrons. The molecule has 0 atom stereocenters. The number of carbonyl (C=O) groups is 3. The Hall–Kier alpha value is -2.58. The van der Waals surface area contributed by atoms with Gasteiger partial charge in [-0.05, 0) is 16.2 Å². The third-order valence-corrected chi connectivity index (χ3v) is 3.46. The zero-order valence-corrected chi connectivity index (χ0v) is 19.7. The van der Waals surface area contributed by atoms with Gasteiger partial charge in [-0.3, -0.25) is 30.3 Å². The predicted molar refractivity (Wildman–Crippen MR) is 118 cm³/mol. The number of amides is 3. The summed E-state index contributed by atoms with van der Waals surface area (Å²) in [5.41, 5.74) is -0.653. The molecule has 0 aliphatic rings. The lowest BCUT2D eigenvalue weighted by atomic mass is 9.92. The number of hydrogen-bond donors (Lipinski definition) is 3. The van der Waals surface area contributed by atoms with Crippen molar-refractivity contribution in [2.24, 2.45) is 16.2 Å². The van der Waals surface area contributed by atoms with E-state index in [4.69, 9.17) is 0 Å². The monoisotopic (exact) mass is 420 g/mol. The summed E-state index contributed by atoms with van der Waals surface area (Å²) in [6.45, 7) is 17.5. The van der Waals surface area contributed by atoms with Crippen molar-refractivity contribution in [3.8, 4) is 0 Å². The van der Waals surface area contributed by atoms with E-state index in [1.54, 1.807) is 0 Å². The molecule has 1 rings (SSSR count). The highest BCUT2D eigenvalue weighted by molar-refractivity contribution is 5.93. The molecule has 9 nitrogen and oxygen atoms in total. The van der Waals surface area contributed by atoms with Crippen LogP contribution in [0.3, 0.4) is 0 Å². The van der Waals surface area contributed by atoms with Gasteiger partial charge in [0.2, 0.25) is 35.6 Å². The maximum absolute atomic E-state index is 12.3. The van der Waals surface area contributed by atoms with Crippen LogP contribution in [-0.2, 0) is 14.4 Å². The summed E-state index contributed by atoms with van der Waals surface area (Å²) in [4.78, 5) is 49.2. The molecule has 0 radical (unpaired) electrons. The van der Waals surface area contributed by atoms with Crippen molar-refractivity contribution in [3.63, 3.8) is 0 Å². The summed E-state index contributed by atoms with van der Waals surface area (Å²) in [6.07, 6.45) is 0.780. The molecule has 0 unspecified atom stereocenters. The van der Waals surface area contributed by atoms with Gasteiger partial charge in [-0.25, -0.2) is 0 Å². The number of anilines is 3. The predicted octanol–water partition coefficient (Wildman–Crippen LogP) is 4.00. The molecular formula is C21H36N6O3. The highest BCUT2D eigenvalue weighted by Gasteiger charge is 2.21. The maximum atomic E-state index is 12.3. The fraction of sp³-hybridized carbons (Fsp3) is 0.714. The van der Waals surface area contributed by atoms with Crippen LogP contribution in [0.1, 0.15) is 81.6 Å². The molecule has 3 N–H and O–H groups in total. The molecule has 30 heavy (non-hydrogen) atoms. The van der Waals surface area contributed by atoms with E-state index < -0.39 is 0 Å². The second-order valence-corrected chi connectivity index (χ2v) is 11.2. The van der Waals surface area contributed by atoms with Gasteiger partial charge in [-0.1, -0.05) is 62.3 Å². The van der Waals surface area contributed by atoms with Crippen molar-refractivity contribution in [3.05, 3.63) is 0 Å². The van der Waals surface area contributed by atoms with Gasteiger partial charge in [-0.2, -0.15) is 15.0 Å².